The predicted octanol–water partition coefficient (Wildman–Crippen LogP) is 2.12. The van der Waals surface area contributed by atoms with Gasteiger partial charge < -0.3 is 10.2 Å². The van der Waals surface area contributed by atoms with E-state index in [1.165, 1.54) is 18.4 Å². The fraction of sp³-hybridized carbons (Fsp3) is 0.650. The van der Waals surface area contributed by atoms with Crippen molar-refractivity contribution in [3.05, 3.63) is 35.4 Å². The number of benzene rings is 1. The largest absolute Gasteiger partial charge is 0.342 e. The summed E-state index contributed by atoms with van der Waals surface area (Å²) in [7, 11) is 1.91. The SMILES string of the molecule is CC1NNC(C)C1CCN(C)C(=O)c1ccc(C2CCCNC2)cc1. The third kappa shape index (κ3) is 4.40. The fourth-order valence-electron chi connectivity index (χ4n) is 4.11. The number of piperidine rings is 1. The van der Waals surface area contributed by atoms with E-state index in [0.29, 0.717) is 23.9 Å². The maximum Gasteiger partial charge on any atom is 0.253 e. The van der Waals surface area contributed by atoms with Gasteiger partial charge in [-0.15, -0.1) is 0 Å². The molecule has 2 aliphatic rings. The van der Waals surface area contributed by atoms with Crippen LogP contribution in [0.5, 0.6) is 0 Å². The molecular formula is C20H32N4O. The highest BCUT2D eigenvalue weighted by Crippen LogP contribution is 2.24. The molecule has 0 radical (unpaired) electrons. The van der Waals surface area contributed by atoms with Crippen LogP contribution in [-0.4, -0.2) is 49.6 Å². The molecule has 25 heavy (non-hydrogen) atoms. The Morgan fingerprint density at radius 1 is 1.16 bits per heavy atom. The Bertz CT molecular complexity index is 558. The van der Waals surface area contributed by atoms with Gasteiger partial charge in [-0.2, -0.15) is 0 Å². The maximum absolute atomic E-state index is 12.7. The van der Waals surface area contributed by atoms with Crippen LogP contribution in [0.15, 0.2) is 24.3 Å². The lowest BCUT2D eigenvalue weighted by molar-refractivity contribution is 0.0785. The number of carbonyl (C=O) groups excluding carboxylic acids is 1. The van der Waals surface area contributed by atoms with Gasteiger partial charge in [0, 0.05) is 37.8 Å². The topological polar surface area (TPSA) is 56.4 Å². The molecule has 138 valence electrons. The van der Waals surface area contributed by atoms with Crippen molar-refractivity contribution < 1.29 is 4.79 Å². The van der Waals surface area contributed by atoms with Crippen LogP contribution in [0.3, 0.4) is 0 Å². The summed E-state index contributed by atoms with van der Waals surface area (Å²) in [5.74, 6) is 1.25. The smallest absolute Gasteiger partial charge is 0.253 e. The molecule has 5 heteroatoms. The molecule has 1 aromatic carbocycles. The summed E-state index contributed by atoms with van der Waals surface area (Å²) in [5, 5.41) is 3.45. The van der Waals surface area contributed by atoms with E-state index in [1.54, 1.807) is 0 Å². The average Bonchev–Trinajstić information content (AvgIpc) is 2.98. The highest BCUT2D eigenvalue weighted by molar-refractivity contribution is 5.94. The van der Waals surface area contributed by atoms with E-state index in [-0.39, 0.29) is 5.91 Å². The highest BCUT2D eigenvalue weighted by Gasteiger charge is 2.29. The van der Waals surface area contributed by atoms with Crippen molar-refractivity contribution >= 4 is 5.91 Å². The number of hydrogen-bond donors (Lipinski definition) is 3. The maximum atomic E-state index is 12.7. The number of rotatable bonds is 5. The Kier molecular flexibility index (Phi) is 6.10. The highest BCUT2D eigenvalue weighted by atomic mass is 16.2. The van der Waals surface area contributed by atoms with E-state index >= 15 is 0 Å². The zero-order chi connectivity index (χ0) is 17.8. The molecule has 0 aromatic heterocycles. The van der Waals surface area contributed by atoms with Gasteiger partial charge in [-0.05, 0) is 69.2 Å². The number of amides is 1. The number of hydrogen-bond acceptors (Lipinski definition) is 4. The molecule has 2 heterocycles. The molecule has 0 saturated carbocycles. The average molecular weight is 345 g/mol. The van der Waals surface area contributed by atoms with E-state index in [2.05, 4.69) is 42.1 Å². The minimum Gasteiger partial charge on any atom is -0.342 e. The molecule has 2 aliphatic heterocycles. The van der Waals surface area contributed by atoms with Crippen LogP contribution in [0.2, 0.25) is 0 Å². The van der Waals surface area contributed by atoms with Crippen molar-refractivity contribution in [2.75, 3.05) is 26.7 Å². The van der Waals surface area contributed by atoms with Crippen molar-refractivity contribution in [3.8, 4) is 0 Å². The standard InChI is InChI=1S/C20H32N4O/c1-14-19(15(2)23-22-14)10-12-24(3)20(25)17-8-6-16(7-9-17)18-5-4-11-21-13-18/h6-9,14-15,18-19,21-23H,4-5,10-13H2,1-3H3. The number of nitrogens with zero attached hydrogens (tertiary/aromatic N) is 1. The number of hydrazine groups is 1. The first-order valence-electron chi connectivity index (χ1n) is 9.63. The summed E-state index contributed by atoms with van der Waals surface area (Å²) >= 11 is 0. The minimum absolute atomic E-state index is 0.118. The molecule has 3 unspecified atom stereocenters. The van der Waals surface area contributed by atoms with Gasteiger partial charge in [0.2, 0.25) is 0 Å². The van der Waals surface area contributed by atoms with E-state index in [9.17, 15) is 4.79 Å². The Morgan fingerprint density at radius 3 is 2.44 bits per heavy atom. The van der Waals surface area contributed by atoms with Crippen molar-refractivity contribution in [1.29, 1.82) is 0 Å². The van der Waals surface area contributed by atoms with Crippen LogP contribution in [0, 0.1) is 5.92 Å². The molecule has 0 aliphatic carbocycles. The summed E-state index contributed by atoms with van der Waals surface area (Å²) in [6.45, 7) is 7.35. The van der Waals surface area contributed by atoms with Gasteiger partial charge in [0.15, 0.2) is 0 Å². The van der Waals surface area contributed by atoms with Gasteiger partial charge in [0.1, 0.15) is 0 Å². The van der Waals surface area contributed by atoms with E-state index in [1.807, 2.05) is 24.1 Å². The molecule has 3 N–H and O–H groups in total. The van der Waals surface area contributed by atoms with Crippen LogP contribution in [-0.2, 0) is 0 Å². The molecule has 2 fully saturated rings. The second-order valence-corrected chi connectivity index (χ2v) is 7.71. The van der Waals surface area contributed by atoms with Gasteiger partial charge in [0.25, 0.3) is 5.91 Å². The van der Waals surface area contributed by atoms with Crippen LogP contribution < -0.4 is 16.2 Å². The van der Waals surface area contributed by atoms with Crippen LogP contribution in [0.4, 0.5) is 0 Å². The zero-order valence-corrected chi connectivity index (χ0v) is 15.7. The molecule has 1 aromatic rings. The van der Waals surface area contributed by atoms with Crippen molar-refractivity contribution in [2.24, 2.45) is 5.92 Å². The second kappa shape index (κ2) is 8.30. The summed E-state index contributed by atoms with van der Waals surface area (Å²) in [5.41, 5.74) is 8.70. The van der Waals surface area contributed by atoms with Crippen LogP contribution in [0.25, 0.3) is 0 Å². The molecule has 0 spiro atoms. The second-order valence-electron chi connectivity index (χ2n) is 7.71. The lowest BCUT2D eigenvalue weighted by Gasteiger charge is -2.24. The molecule has 2 saturated heterocycles. The van der Waals surface area contributed by atoms with Crippen molar-refractivity contribution in [2.45, 2.75) is 51.1 Å². The number of nitrogens with one attached hydrogen (secondary N) is 3. The Hall–Kier alpha value is -1.43. The fourth-order valence-corrected chi connectivity index (χ4v) is 4.11. The molecule has 3 atom stereocenters. The van der Waals surface area contributed by atoms with E-state index in [0.717, 1.165) is 31.6 Å². The first kappa shape index (κ1) is 18.4. The van der Waals surface area contributed by atoms with Crippen LogP contribution >= 0.6 is 0 Å². The Labute approximate surface area is 151 Å². The van der Waals surface area contributed by atoms with Crippen LogP contribution in [0.1, 0.15) is 54.9 Å². The Balaban J connectivity index is 1.54. The van der Waals surface area contributed by atoms with E-state index < -0.39 is 0 Å². The van der Waals surface area contributed by atoms with Gasteiger partial charge in [-0.3, -0.25) is 15.6 Å². The monoisotopic (exact) mass is 344 g/mol. The summed E-state index contributed by atoms with van der Waals surface area (Å²) in [6.07, 6.45) is 3.48. The molecule has 3 rings (SSSR count). The summed E-state index contributed by atoms with van der Waals surface area (Å²) < 4.78 is 0. The van der Waals surface area contributed by atoms with Gasteiger partial charge >= 0.3 is 0 Å². The lowest BCUT2D eigenvalue weighted by Crippen LogP contribution is -2.32. The number of carbonyl (C=O) groups is 1. The first-order valence-corrected chi connectivity index (χ1v) is 9.63. The lowest BCUT2D eigenvalue weighted by atomic mass is 9.91. The summed E-state index contributed by atoms with van der Waals surface area (Å²) in [4.78, 5) is 14.5. The minimum atomic E-state index is 0.118. The van der Waals surface area contributed by atoms with Gasteiger partial charge in [-0.25, -0.2) is 0 Å². The normalized spacial score (nSPS) is 29.6. The predicted molar refractivity (Wildman–Crippen MR) is 102 cm³/mol. The van der Waals surface area contributed by atoms with E-state index in [4.69, 9.17) is 0 Å². The Morgan fingerprint density at radius 2 is 1.84 bits per heavy atom. The quantitative estimate of drug-likeness (QED) is 0.766. The first-order chi connectivity index (χ1) is 12.1. The third-order valence-electron chi connectivity index (χ3n) is 5.89. The molecular weight excluding hydrogens is 312 g/mol. The van der Waals surface area contributed by atoms with Gasteiger partial charge in [-0.1, -0.05) is 12.1 Å². The molecule has 5 nitrogen and oxygen atoms in total. The zero-order valence-electron chi connectivity index (χ0n) is 15.7. The third-order valence-corrected chi connectivity index (χ3v) is 5.89. The molecule has 1 amide bonds. The summed E-state index contributed by atoms with van der Waals surface area (Å²) in [6, 6.07) is 9.14. The van der Waals surface area contributed by atoms with Gasteiger partial charge in [0.05, 0.1) is 0 Å². The molecule has 0 bridgehead atoms. The van der Waals surface area contributed by atoms with Crippen molar-refractivity contribution in [3.63, 3.8) is 0 Å². The van der Waals surface area contributed by atoms with Crippen molar-refractivity contribution in [1.82, 2.24) is 21.1 Å².